The molecule has 1 amide bonds. The average molecular weight is 481 g/mol. The predicted octanol–water partition coefficient (Wildman–Crippen LogP) is 3.19. The zero-order valence-corrected chi connectivity index (χ0v) is 19.8. The molecule has 3 aromatic rings. The molecule has 1 aliphatic carbocycles. The van der Waals surface area contributed by atoms with Crippen molar-refractivity contribution in [1.29, 1.82) is 0 Å². The van der Waals surface area contributed by atoms with Gasteiger partial charge in [-0.05, 0) is 63.0 Å². The molecule has 0 bridgehead atoms. The van der Waals surface area contributed by atoms with Crippen LogP contribution < -0.4 is 22.1 Å². The number of aromatic nitrogens is 3. The van der Waals surface area contributed by atoms with Crippen molar-refractivity contribution in [1.82, 2.24) is 19.7 Å². The fourth-order valence-electron chi connectivity index (χ4n) is 5.11. The summed E-state index contributed by atoms with van der Waals surface area (Å²) < 4.78 is 16.8. The van der Waals surface area contributed by atoms with Crippen LogP contribution in [0, 0.1) is 5.82 Å². The first-order valence-electron chi connectivity index (χ1n) is 12.5. The van der Waals surface area contributed by atoms with Gasteiger partial charge in [-0.1, -0.05) is 12.8 Å². The van der Waals surface area contributed by atoms with Crippen LogP contribution in [0.1, 0.15) is 48.9 Å². The number of likely N-dealkylation sites (tertiary alicyclic amines) is 1. The van der Waals surface area contributed by atoms with Crippen LogP contribution in [0.3, 0.4) is 0 Å². The van der Waals surface area contributed by atoms with Gasteiger partial charge in [-0.2, -0.15) is 5.10 Å². The van der Waals surface area contributed by atoms with Gasteiger partial charge in [0.25, 0.3) is 5.91 Å². The molecular formula is C25H33FN8O. The molecule has 186 valence electrons. The molecule has 2 unspecified atom stereocenters. The first kappa shape index (κ1) is 23.5. The topological polar surface area (TPSA) is 127 Å². The van der Waals surface area contributed by atoms with Crippen LogP contribution in [-0.4, -0.2) is 57.3 Å². The fraction of sp³-hybridized carbons (Fsp3) is 0.480. The van der Waals surface area contributed by atoms with E-state index in [9.17, 15) is 9.18 Å². The Morgan fingerprint density at radius 3 is 2.66 bits per heavy atom. The largest absolute Gasteiger partial charge is 0.365 e. The van der Waals surface area contributed by atoms with Gasteiger partial charge in [0, 0.05) is 29.7 Å². The highest BCUT2D eigenvalue weighted by Gasteiger charge is 2.24. The summed E-state index contributed by atoms with van der Waals surface area (Å²) >= 11 is 0. The van der Waals surface area contributed by atoms with Crippen molar-refractivity contribution in [3.8, 4) is 0 Å². The Hall–Kier alpha value is -3.24. The zero-order valence-electron chi connectivity index (χ0n) is 19.8. The molecule has 1 aromatic carbocycles. The van der Waals surface area contributed by atoms with E-state index in [4.69, 9.17) is 11.5 Å². The fourth-order valence-corrected chi connectivity index (χ4v) is 5.11. The Kier molecular flexibility index (Phi) is 6.83. The number of nitrogens with two attached hydrogens (primary N) is 2. The van der Waals surface area contributed by atoms with E-state index < -0.39 is 11.7 Å². The molecule has 1 saturated heterocycles. The van der Waals surface area contributed by atoms with Gasteiger partial charge in [-0.15, -0.1) is 0 Å². The molecule has 3 heterocycles. The summed E-state index contributed by atoms with van der Waals surface area (Å²) in [5.74, 6) is -1.12. The summed E-state index contributed by atoms with van der Waals surface area (Å²) in [6.07, 6.45) is 8.20. The molecule has 6 N–H and O–H groups in total. The van der Waals surface area contributed by atoms with E-state index in [1.54, 1.807) is 0 Å². The maximum Gasteiger partial charge on any atom is 0.252 e. The highest BCUT2D eigenvalue weighted by Crippen LogP contribution is 2.28. The summed E-state index contributed by atoms with van der Waals surface area (Å²) in [4.78, 5) is 18.9. The van der Waals surface area contributed by atoms with Gasteiger partial charge in [0.15, 0.2) is 11.6 Å². The van der Waals surface area contributed by atoms with Crippen molar-refractivity contribution in [3.63, 3.8) is 0 Å². The molecular weight excluding hydrogens is 447 g/mol. The summed E-state index contributed by atoms with van der Waals surface area (Å²) in [5.41, 5.74) is 13.5. The third-order valence-corrected chi connectivity index (χ3v) is 7.11. The Morgan fingerprint density at radius 2 is 1.89 bits per heavy atom. The molecule has 2 fully saturated rings. The number of hydrogen-bond acceptors (Lipinski definition) is 7. The number of halogens is 1. The lowest BCUT2D eigenvalue weighted by atomic mass is 9.91. The van der Waals surface area contributed by atoms with Crippen molar-refractivity contribution < 1.29 is 9.18 Å². The molecule has 0 radical (unpaired) electrons. The maximum atomic E-state index is 14.8. The molecule has 35 heavy (non-hydrogen) atoms. The summed E-state index contributed by atoms with van der Waals surface area (Å²) in [6, 6.07) is 6.82. The molecule has 1 aliphatic heterocycles. The number of hydrogen-bond donors (Lipinski definition) is 4. The second-order valence-corrected chi connectivity index (χ2v) is 9.59. The molecule has 2 aromatic heterocycles. The van der Waals surface area contributed by atoms with Crippen LogP contribution in [0.4, 0.5) is 21.7 Å². The molecule has 5 rings (SSSR count). The van der Waals surface area contributed by atoms with Gasteiger partial charge in [0.05, 0.1) is 23.8 Å². The van der Waals surface area contributed by atoms with E-state index in [2.05, 4.69) is 25.6 Å². The summed E-state index contributed by atoms with van der Waals surface area (Å²) in [6.45, 7) is 4.13. The SMILES string of the molecule is NC(=O)c1cc(F)c(NC2CCCCC2N)nc1Nc1ccc2c(cnn2CCN2CCCC2)c1. The molecule has 2 atom stereocenters. The van der Waals surface area contributed by atoms with Crippen LogP contribution in [-0.2, 0) is 6.54 Å². The Morgan fingerprint density at radius 1 is 1.09 bits per heavy atom. The van der Waals surface area contributed by atoms with Crippen LogP contribution >= 0.6 is 0 Å². The number of anilines is 3. The lowest BCUT2D eigenvalue weighted by molar-refractivity contribution is 0.100. The molecule has 2 aliphatic rings. The number of benzene rings is 1. The van der Waals surface area contributed by atoms with Gasteiger partial charge in [-0.3, -0.25) is 9.48 Å². The van der Waals surface area contributed by atoms with E-state index in [1.165, 1.54) is 12.8 Å². The van der Waals surface area contributed by atoms with Crippen molar-refractivity contribution >= 4 is 34.1 Å². The first-order valence-corrected chi connectivity index (χ1v) is 12.5. The van der Waals surface area contributed by atoms with Gasteiger partial charge >= 0.3 is 0 Å². The monoisotopic (exact) mass is 480 g/mol. The standard InChI is InChI=1S/C25H33FN8O/c26-19-14-18(23(28)35)24(32-25(19)31-21-6-2-1-5-20(21)27)30-17-7-8-22-16(13-17)15-29-34(22)12-11-33-9-3-4-10-33/h7-8,13-15,20-21H,1-6,9-12,27H2,(H2,28,35)(H2,30,31,32). The van der Waals surface area contributed by atoms with E-state index in [0.29, 0.717) is 5.69 Å². The van der Waals surface area contributed by atoms with E-state index in [1.807, 2.05) is 29.1 Å². The quantitative estimate of drug-likeness (QED) is 0.390. The molecule has 0 spiro atoms. The maximum absolute atomic E-state index is 14.8. The molecule has 1 saturated carbocycles. The van der Waals surface area contributed by atoms with Crippen molar-refractivity contribution in [3.05, 3.63) is 41.8 Å². The number of carbonyl (C=O) groups excluding carboxylic acids is 1. The summed E-state index contributed by atoms with van der Waals surface area (Å²) in [7, 11) is 0. The van der Waals surface area contributed by atoms with Crippen LogP contribution in [0.15, 0.2) is 30.5 Å². The van der Waals surface area contributed by atoms with Gasteiger partial charge < -0.3 is 27.0 Å². The third-order valence-electron chi connectivity index (χ3n) is 7.11. The number of pyridine rings is 1. The Balaban J connectivity index is 1.36. The van der Waals surface area contributed by atoms with Crippen molar-refractivity contribution in [2.75, 3.05) is 30.3 Å². The van der Waals surface area contributed by atoms with Gasteiger partial charge in [-0.25, -0.2) is 9.37 Å². The lowest BCUT2D eigenvalue weighted by Crippen LogP contribution is -2.43. The highest BCUT2D eigenvalue weighted by atomic mass is 19.1. The van der Waals surface area contributed by atoms with Crippen molar-refractivity contribution in [2.45, 2.75) is 57.2 Å². The second kappa shape index (κ2) is 10.2. The number of amides is 1. The first-order chi connectivity index (χ1) is 17.0. The minimum atomic E-state index is -0.754. The Bertz CT molecular complexity index is 1210. The smallest absolute Gasteiger partial charge is 0.252 e. The minimum Gasteiger partial charge on any atom is -0.365 e. The third kappa shape index (κ3) is 5.23. The number of nitrogens with one attached hydrogen (secondary N) is 2. The number of nitrogens with zero attached hydrogens (tertiary/aromatic N) is 4. The minimum absolute atomic E-state index is 0.0117. The van der Waals surface area contributed by atoms with E-state index in [-0.39, 0.29) is 29.3 Å². The van der Waals surface area contributed by atoms with E-state index >= 15 is 0 Å². The van der Waals surface area contributed by atoms with E-state index in [0.717, 1.165) is 68.8 Å². The van der Waals surface area contributed by atoms with Crippen molar-refractivity contribution in [2.24, 2.45) is 11.5 Å². The van der Waals surface area contributed by atoms with Gasteiger partial charge in [0.2, 0.25) is 0 Å². The second-order valence-electron chi connectivity index (χ2n) is 9.59. The number of carbonyl (C=O) groups is 1. The lowest BCUT2D eigenvalue weighted by Gasteiger charge is -2.30. The highest BCUT2D eigenvalue weighted by molar-refractivity contribution is 5.99. The van der Waals surface area contributed by atoms with Crippen LogP contribution in [0.2, 0.25) is 0 Å². The average Bonchev–Trinajstić information content (AvgIpc) is 3.50. The number of primary amides is 1. The molecule has 9 nitrogen and oxygen atoms in total. The van der Waals surface area contributed by atoms with Crippen LogP contribution in [0.5, 0.6) is 0 Å². The normalized spacial score (nSPS) is 20.9. The Labute approximate surface area is 204 Å². The zero-order chi connectivity index (χ0) is 24.4. The molecule has 10 heteroatoms. The van der Waals surface area contributed by atoms with Gasteiger partial charge in [0.1, 0.15) is 5.82 Å². The number of fused-ring (bicyclic) bond motifs is 1. The number of rotatable bonds is 8. The predicted molar refractivity (Wildman–Crippen MR) is 135 cm³/mol. The van der Waals surface area contributed by atoms with Crippen LogP contribution in [0.25, 0.3) is 10.9 Å². The summed E-state index contributed by atoms with van der Waals surface area (Å²) in [5, 5.41) is 11.8.